The molecule has 0 N–H and O–H groups in total. The summed E-state index contributed by atoms with van der Waals surface area (Å²) in [5.74, 6) is 0.971. The fourth-order valence-electron chi connectivity index (χ4n) is 2.28. The van der Waals surface area contributed by atoms with Gasteiger partial charge in [-0.3, -0.25) is 0 Å². The van der Waals surface area contributed by atoms with E-state index in [-0.39, 0.29) is 0 Å². The molecule has 118 valence electrons. The van der Waals surface area contributed by atoms with Gasteiger partial charge in [0.25, 0.3) is 0 Å². The first-order chi connectivity index (χ1) is 10.8. The molecule has 2 rings (SSSR count). The van der Waals surface area contributed by atoms with E-state index >= 15 is 0 Å². The second-order valence-corrected chi connectivity index (χ2v) is 4.88. The zero-order valence-corrected chi connectivity index (χ0v) is 14.1. The van der Waals surface area contributed by atoms with Crippen LogP contribution in [0.15, 0.2) is 61.2 Å². The Morgan fingerprint density at radius 1 is 0.955 bits per heavy atom. The molecule has 2 aromatic rings. The van der Waals surface area contributed by atoms with Gasteiger partial charge in [0.2, 0.25) is 0 Å². The highest BCUT2D eigenvalue weighted by Crippen LogP contribution is 2.20. The molecule has 0 amide bonds. The minimum atomic E-state index is 0.558. The Hall–Kier alpha value is -2.02. The van der Waals surface area contributed by atoms with Crippen molar-refractivity contribution >= 4 is 0 Å². The first-order valence-corrected chi connectivity index (χ1v) is 8.23. The molecule has 1 nitrogen and oxygen atoms in total. The van der Waals surface area contributed by atoms with E-state index in [0.29, 0.717) is 6.61 Å². The predicted octanol–water partition coefficient (Wildman–Crippen LogP) is 5.63. The van der Waals surface area contributed by atoms with Gasteiger partial charge in [-0.1, -0.05) is 75.9 Å². The number of hydrogen-bond donors (Lipinski definition) is 0. The molecular weight excluding hydrogens is 268 g/mol. The molecule has 22 heavy (non-hydrogen) atoms. The van der Waals surface area contributed by atoms with Gasteiger partial charge in [-0.25, -0.2) is 0 Å². The zero-order valence-electron chi connectivity index (χ0n) is 14.1. The summed E-state index contributed by atoms with van der Waals surface area (Å²) in [6, 6.07) is 17.1. The van der Waals surface area contributed by atoms with Crippen LogP contribution < -0.4 is 4.74 Å². The molecule has 0 radical (unpaired) electrons. The molecule has 0 heterocycles. The number of hydrogen-bond acceptors (Lipinski definition) is 1. The van der Waals surface area contributed by atoms with Gasteiger partial charge >= 0.3 is 0 Å². The van der Waals surface area contributed by atoms with E-state index in [2.05, 4.69) is 49.9 Å². The summed E-state index contributed by atoms with van der Waals surface area (Å²) in [6.07, 6.45) is 4.91. The van der Waals surface area contributed by atoms with Crippen LogP contribution in [0.5, 0.6) is 5.75 Å². The molecule has 0 aliphatic rings. The van der Waals surface area contributed by atoms with E-state index in [1.165, 1.54) is 16.7 Å². The van der Waals surface area contributed by atoms with Gasteiger partial charge in [-0.2, -0.15) is 0 Å². The molecule has 0 unspecified atom stereocenters. The van der Waals surface area contributed by atoms with Gasteiger partial charge in [-0.15, -0.1) is 0 Å². The van der Waals surface area contributed by atoms with Crippen molar-refractivity contribution < 1.29 is 4.74 Å². The average molecular weight is 296 g/mol. The molecule has 0 bridgehead atoms. The van der Waals surface area contributed by atoms with E-state index in [9.17, 15) is 0 Å². The topological polar surface area (TPSA) is 9.23 Å². The Balaban J connectivity index is 0.00000116. The molecule has 0 aliphatic heterocycles. The molecule has 0 spiro atoms. The molecule has 0 atom stereocenters. The molecule has 0 saturated heterocycles. The van der Waals surface area contributed by atoms with Crippen LogP contribution in [0.4, 0.5) is 0 Å². The Bertz CT molecular complexity index is 557. The lowest BCUT2D eigenvalue weighted by Gasteiger charge is -2.10. The lowest BCUT2D eigenvalue weighted by molar-refractivity contribution is 0.359. The lowest BCUT2D eigenvalue weighted by atomic mass is 10.0. The quantitative estimate of drug-likeness (QED) is 0.602. The van der Waals surface area contributed by atoms with Crippen molar-refractivity contribution in [3.8, 4) is 5.75 Å². The summed E-state index contributed by atoms with van der Waals surface area (Å²) in [5.41, 5.74) is 4.05. The summed E-state index contributed by atoms with van der Waals surface area (Å²) in [6.45, 7) is 10.4. The summed E-state index contributed by atoms with van der Waals surface area (Å²) >= 11 is 0. The first kappa shape index (κ1) is 18.0. The Morgan fingerprint density at radius 3 is 2.41 bits per heavy atom. The third-order valence-electron chi connectivity index (χ3n) is 3.41. The number of benzene rings is 2. The van der Waals surface area contributed by atoms with Gasteiger partial charge in [0.15, 0.2) is 0 Å². The predicted molar refractivity (Wildman–Crippen MR) is 96.7 cm³/mol. The van der Waals surface area contributed by atoms with Crippen LogP contribution in [-0.2, 0) is 19.3 Å². The van der Waals surface area contributed by atoms with Crippen LogP contribution in [0.3, 0.4) is 0 Å². The maximum atomic E-state index is 5.70. The third-order valence-corrected chi connectivity index (χ3v) is 3.41. The van der Waals surface area contributed by atoms with Crippen LogP contribution >= 0.6 is 0 Å². The Morgan fingerprint density at radius 2 is 1.68 bits per heavy atom. The molecule has 2 aromatic carbocycles. The van der Waals surface area contributed by atoms with Crippen LogP contribution in [0.25, 0.3) is 0 Å². The summed E-state index contributed by atoms with van der Waals surface area (Å²) in [4.78, 5) is 0. The number of ether oxygens (including phenoxy) is 1. The van der Waals surface area contributed by atoms with Crippen LogP contribution in [0.1, 0.15) is 37.5 Å². The molecule has 0 aromatic heterocycles. The molecular formula is C21H28O. The van der Waals surface area contributed by atoms with Crippen molar-refractivity contribution in [2.75, 3.05) is 6.61 Å². The molecule has 0 fully saturated rings. The van der Waals surface area contributed by atoms with E-state index < -0.39 is 0 Å². The highest BCUT2D eigenvalue weighted by atomic mass is 16.5. The normalized spacial score (nSPS) is 9.59. The second-order valence-electron chi connectivity index (χ2n) is 4.88. The standard InChI is InChI=1S/C19H22O.C2H6/c1-3-14-20-19-11-6-5-10-18(19)13-12-17-9-7-8-16(4-2)15-17;1-2/h3,5-11,15H,1,4,12-14H2,2H3;1-2H3. The minimum Gasteiger partial charge on any atom is -0.489 e. The highest BCUT2D eigenvalue weighted by molar-refractivity contribution is 5.34. The van der Waals surface area contributed by atoms with Crippen molar-refractivity contribution in [2.24, 2.45) is 0 Å². The second kappa shape index (κ2) is 10.7. The molecule has 0 aliphatic carbocycles. The van der Waals surface area contributed by atoms with Gasteiger partial charge < -0.3 is 4.74 Å². The maximum Gasteiger partial charge on any atom is 0.122 e. The fourth-order valence-corrected chi connectivity index (χ4v) is 2.28. The summed E-state index contributed by atoms with van der Waals surface area (Å²) < 4.78 is 5.70. The third kappa shape index (κ3) is 5.77. The Kier molecular flexibility index (Phi) is 8.74. The zero-order chi connectivity index (χ0) is 16.2. The number of aryl methyl sites for hydroxylation is 3. The monoisotopic (exact) mass is 296 g/mol. The van der Waals surface area contributed by atoms with E-state index in [0.717, 1.165) is 25.0 Å². The summed E-state index contributed by atoms with van der Waals surface area (Å²) in [7, 11) is 0. The smallest absolute Gasteiger partial charge is 0.122 e. The van der Waals surface area contributed by atoms with Crippen LogP contribution in [0.2, 0.25) is 0 Å². The lowest BCUT2D eigenvalue weighted by Crippen LogP contribution is -1.99. The van der Waals surface area contributed by atoms with Crippen molar-refractivity contribution in [1.82, 2.24) is 0 Å². The van der Waals surface area contributed by atoms with Crippen molar-refractivity contribution in [3.63, 3.8) is 0 Å². The number of para-hydroxylation sites is 1. The van der Waals surface area contributed by atoms with Gasteiger partial charge in [0.1, 0.15) is 12.4 Å². The van der Waals surface area contributed by atoms with E-state index in [1.807, 2.05) is 26.0 Å². The SMILES string of the molecule is C=CCOc1ccccc1CCc1cccc(CC)c1.CC. The van der Waals surface area contributed by atoms with Gasteiger partial charge in [0, 0.05) is 0 Å². The summed E-state index contributed by atoms with van der Waals surface area (Å²) in [5, 5.41) is 0. The first-order valence-electron chi connectivity index (χ1n) is 8.23. The minimum absolute atomic E-state index is 0.558. The van der Waals surface area contributed by atoms with Crippen molar-refractivity contribution in [3.05, 3.63) is 77.9 Å². The van der Waals surface area contributed by atoms with E-state index in [1.54, 1.807) is 6.08 Å². The number of rotatable bonds is 7. The fraction of sp³-hybridized carbons (Fsp3) is 0.333. The maximum absolute atomic E-state index is 5.70. The van der Waals surface area contributed by atoms with Crippen LogP contribution in [-0.4, -0.2) is 6.61 Å². The van der Waals surface area contributed by atoms with Crippen molar-refractivity contribution in [2.45, 2.75) is 40.0 Å². The van der Waals surface area contributed by atoms with Gasteiger partial charge in [0.05, 0.1) is 0 Å². The largest absolute Gasteiger partial charge is 0.489 e. The molecule has 1 heteroatoms. The Labute approximate surface area is 135 Å². The average Bonchev–Trinajstić information content (AvgIpc) is 2.60. The van der Waals surface area contributed by atoms with E-state index in [4.69, 9.17) is 4.74 Å². The van der Waals surface area contributed by atoms with Crippen LogP contribution in [0, 0.1) is 0 Å². The highest BCUT2D eigenvalue weighted by Gasteiger charge is 2.03. The van der Waals surface area contributed by atoms with Gasteiger partial charge in [-0.05, 0) is 42.0 Å². The molecule has 0 saturated carbocycles. The van der Waals surface area contributed by atoms with Crippen molar-refractivity contribution in [1.29, 1.82) is 0 Å².